The normalized spacial score (nSPS) is 15.8. The standard InChI is InChI=1S/C20H15NO3S/c1-4-17-13(2)19(11-14-5-8-16(9-6-14)25(3)24)18-10-7-15(21(22)23)12-20(17)18/h1,5-12H,2-3H3. The molecule has 1 unspecified atom stereocenters. The summed E-state index contributed by atoms with van der Waals surface area (Å²) in [6.45, 7) is 1.92. The van der Waals surface area contributed by atoms with Crippen LogP contribution in [0.15, 0.2) is 52.9 Å². The van der Waals surface area contributed by atoms with Crippen LogP contribution in [0.4, 0.5) is 5.69 Å². The summed E-state index contributed by atoms with van der Waals surface area (Å²) >= 11 is 0. The molecule has 1 atom stereocenters. The van der Waals surface area contributed by atoms with E-state index in [4.69, 9.17) is 6.42 Å². The molecule has 0 spiro atoms. The summed E-state index contributed by atoms with van der Waals surface area (Å²) in [5, 5.41) is 11.0. The van der Waals surface area contributed by atoms with Crippen molar-refractivity contribution in [2.24, 2.45) is 0 Å². The average molecular weight is 349 g/mol. The van der Waals surface area contributed by atoms with Gasteiger partial charge in [-0.2, -0.15) is 0 Å². The van der Waals surface area contributed by atoms with Crippen LogP contribution in [0.25, 0.3) is 17.2 Å². The molecule has 0 amide bonds. The predicted octanol–water partition coefficient (Wildman–Crippen LogP) is 4.29. The highest BCUT2D eigenvalue weighted by molar-refractivity contribution is 7.84. The molecule has 2 aromatic rings. The van der Waals surface area contributed by atoms with Crippen LogP contribution in [0.2, 0.25) is 0 Å². The second kappa shape index (κ2) is 6.50. The fourth-order valence-corrected chi connectivity index (χ4v) is 3.44. The molecule has 124 valence electrons. The summed E-state index contributed by atoms with van der Waals surface area (Å²) < 4.78 is 11.5. The molecule has 0 aliphatic heterocycles. The van der Waals surface area contributed by atoms with E-state index in [1.165, 1.54) is 12.1 Å². The molecule has 2 aromatic carbocycles. The van der Waals surface area contributed by atoms with E-state index in [0.29, 0.717) is 11.1 Å². The van der Waals surface area contributed by atoms with Gasteiger partial charge in [0, 0.05) is 45.2 Å². The number of non-ortho nitro benzene ring substituents is 1. The Bertz CT molecular complexity index is 1010. The first kappa shape index (κ1) is 16.9. The van der Waals surface area contributed by atoms with Crippen molar-refractivity contribution in [2.75, 3.05) is 6.26 Å². The Kier molecular flexibility index (Phi) is 4.39. The number of nitrogens with zero attached hydrogens (tertiary/aromatic N) is 1. The molecule has 0 N–H and O–H groups in total. The van der Waals surface area contributed by atoms with Gasteiger partial charge >= 0.3 is 0 Å². The molecule has 25 heavy (non-hydrogen) atoms. The Labute approximate surface area is 148 Å². The van der Waals surface area contributed by atoms with Gasteiger partial charge in [-0.3, -0.25) is 14.3 Å². The summed E-state index contributed by atoms with van der Waals surface area (Å²) in [6.07, 6.45) is 9.27. The highest BCUT2D eigenvalue weighted by atomic mass is 32.2. The number of fused-ring (bicyclic) bond motifs is 1. The summed E-state index contributed by atoms with van der Waals surface area (Å²) in [5.74, 6) is 2.65. The van der Waals surface area contributed by atoms with Crippen molar-refractivity contribution >= 4 is 33.7 Å². The number of nitro groups is 1. The van der Waals surface area contributed by atoms with Gasteiger partial charge < -0.3 is 0 Å². The maximum absolute atomic E-state index is 11.5. The molecule has 4 nitrogen and oxygen atoms in total. The van der Waals surface area contributed by atoms with Crippen molar-refractivity contribution in [3.05, 3.63) is 74.8 Å². The molecular weight excluding hydrogens is 334 g/mol. The van der Waals surface area contributed by atoms with Crippen molar-refractivity contribution in [1.29, 1.82) is 0 Å². The van der Waals surface area contributed by atoms with Crippen LogP contribution in [-0.2, 0) is 10.8 Å². The first-order valence-corrected chi connectivity index (χ1v) is 9.10. The van der Waals surface area contributed by atoms with Gasteiger partial charge in [0.15, 0.2) is 0 Å². The van der Waals surface area contributed by atoms with Crippen molar-refractivity contribution in [3.8, 4) is 12.3 Å². The zero-order valence-electron chi connectivity index (χ0n) is 13.8. The van der Waals surface area contributed by atoms with E-state index in [1.54, 1.807) is 12.3 Å². The lowest BCUT2D eigenvalue weighted by Gasteiger charge is -2.05. The Balaban J connectivity index is 2.12. The Morgan fingerprint density at radius 3 is 2.40 bits per heavy atom. The topological polar surface area (TPSA) is 60.2 Å². The van der Waals surface area contributed by atoms with Crippen molar-refractivity contribution in [3.63, 3.8) is 0 Å². The minimum Gasteiger partial charge on any atom is -0.258 e. The SMILES string of the molecule is C#CC1=C(C)C(=Cc2ccc(S(C)=O)cc2)c2ccc([N+](=O)[O-])cc21. The second-order valence-corrected chi connectivity index (χ2v) is 7.09. The summed E-state index contributed by atoms with van der Waals surface area (Å²) in [6, 6.07) is 12.2. The zero-order chi connectivity index (χ0) is 18.1. The first-order valence-electron chi connectivity index (χ1n) is 7.54. The molecule has 1 aliphatic carbocycles. The smallest absolute Gasteiger partial charge is 0.258 e. The molecule has 0 heterocycles. The molecular formula is C20H15NO3S. The number of hydrogen-bond donors (Lipinski definition) is 0. The van der Waals surface area contributed by atoms with E-state index in [2.05, 4.69) is 5.92 Å². The zero-order valence-corrected chi connectivity index (χ0v) is 14.6. The summed E-state index contributed by atoms with van der Waals surface area (Å²) in [4.78, 5) is 11.4. The van der Waals surface area contributed by atoms with E-state index in [0.717, 1.165) is 27.2 Å². The van der Waals surface area contributed by atoms with E-state index in [1.807, 2.05) is 37.3 Å². The number of allylic oxidation sites excluding steroid dienone is 3. The maximum Gasteiger partial charge on any atom is 0.270 e. The largest absolute Gasteiger partial charge is 0.270 e. The summed E-state index contributed by atoms with van der Waals surface area (Å²) in [5.41, 5.74) is 5.12. The minimum atomic E-state index is -1.02. The van der Waals surface area contributed by atoms with Crippen molar-refractivity contribution in [1.82, 2.24) is 0 Å². The van der Waals surface area contributed by atoms with Gasteiger partial charge in [0.05, 0.1) is 4.92 Å². The maximum atomic E-state index is 11.5. The lowest BCUT2D eigenvalue weighted by molar-refractivity contribution is -0.384. The third kappa shape index (κ3) is 3.04. The highest BCUT2D eigenvalue weighted by Gasteiger charge is 2.24. The molecule has 0 fully saturated rings. The fourth-order valence-electron chi connectivity index (χ4n) is 2.92. The Hall–Kier alpha value is -2.97. The molecule has 3 rings (SSSR count). The average Bonchev–Trinajstić information content (AvgIpc) is 2.86. The van der Waals surface area contributed by atoms with Crippen LogP contribution in [0.5, 0.6) is 0 Å². The minimum absolute atomic E-state index is 0.0235. The lowest BCUT2D eigenvalue weighted by atomic mass is 10.0. The lowest BCUT2D eigenvalue weighted by Crippen LogP contribution is -1.91. The van der Waals surface area contributed by atoms with Crippen molar-refractivity contribution < 1.29 is 9.13 Å². The molecule has 0 saturated heterocycles. The quantitative estimate of drug-likeness (QED) is 0.472. The van der Waals surface area contributed by atoms with E-state index in [9.17, 15) is 14.3 Å². The first-order chi connectivity index (χ1) is 11.9. The fraction of sp³-hybridized carbons (Fsp3) is 0.100. The van der Waals surface area contributed by atoms with E-state index in [-0.39, 0.29) is 5.69 Å². The Morgan fingerprint density at radius 1 is 1.16 bits per heavy atom. The van der Waals surface area contributed by atoms with Gasteiger partial charge in [0.1, 0.15) is 0 Å². The number of benzene rings is 2. The van der Waals surface area contributed by atoms with Gasteiger partial charge in [0.25, 0.3) is 5.69 Å². The molecule has 0 aromatic heterocycles. The van der Waals surface area contributed by atoms with E-state index >= 15 is 0 Å². The number of rotatable bonds is 3. The van der Waals surface area contributed by atoms with Gasteiger partial charge in [-0.05, 0) is 53.5 Å². The number of hydrogen-bond acceptors (Lipinski definition) is 3. The van der Waals surface area contributed by atoms with Crippen LogP contribution < -0.4 is 0 Å². The number of terminal acetylenes is 1. The van der Waals surface area contributed by atoms with E-state index < -0.39 is 15.7 Å². The van der Waals surface area contributed by atoms with Gasteiger partial charge in [0.2, 0.25) is 0 Å². The highest BCUT2D eigenvalue weighted by Crippen LogP contribution is 2.43. The molecule has 0 saturated carbocycles. The molecule has 0 radical (unpaired) electrons. The number of nitro benzene ring substituents is 1. The molecule has 0 bridgehead atoms. The second-order valence-electron chi connectivity index (χ2n) is 5.71. The van der Waals surface area contributed by atoms with Crippen LogP contribution >= 0.6 is 0 Å². The van der Waals surface area contributed by atoms with Gasteiger partial charge in [-0.1, -0.05) is 18.1 Å². The monoisotopic (exact) mass is 349 g/mol. The van der Waals surface area contributed by atoms with Gasteiger partial charge in [-0.15, -0.1) is 6.42 Å². The van der Waals surface area contributed by atoms with Crippen molar-refractivity contribution in [2.45, 2.75) is 11.8 Å². The van der Waals surface area contributed by atoms with Crippen LogP contribution in [0, 0.1) is 22.5 Å². The van der Waals surface area contributed by atoms with Crippen LogP contribution in [0.1, 0.15) is 23.6 Å². The van der Waals surface area contributed by atoms with Gasteiger partial charge in [-0.25, -0.2) is 0 Å². The Morgan fingerprint density at radius 2 is 1.84 bits per heavy atom. The molecule has 5 heteroatoms. The third-order valence-corrected chi connectivity index (χ3v) is 5.16. The summed E-state index contributed by atoms with van der Waals surface area (Å²) in [7, 11) is -1.02. The molecule has 1 aliphatic rings. The predicted molar refractivity (Wildman–Crippen MR) is 101 cm³/mol. The third-order valence-electron chi connectivity index (χ3n) is 4.22. The van der Waals surface area contributed by atoms with Crippen LogP contribution in [-0.4, -0.2) is 15.4 Å². The van der Waals surface area contributed by atoms with Crippen LogP contribution in [0.3, 0.4) is 0 Å².